The molecule has 1 N–H and O–H groups in total. The molecule has 21 heavy (non-hydrogen) atoms. The van der Waals surface area contributed by atoms with Crippen molar-refractivity contribution in [2.75, 3.05) is 26.1 Å². The average Bonchev–Trinajstić information content (AvgIpc) is 2.53. The fourth-order valence-corrected chi connectivity index (χ4v) is 2.91. The number of nitrogens with one attached hydrogen (secondary N) is 1. The van der Waals surface area contributed by atoms with Crippen LogP contribution in [-0.4, -0.2) is 21.2 Å². The number of rotatable bonds is 5. The summed E-state index contributed by atoms with van der Waals surface area (Å²) in [6.45, 7) is 2.14. The average molecular weight is 349 g/mol. The summed E-state index contributed by atoms with van der Waals surface area (Å²) in [6.07, 6.45) is 0. The van der Waals surface area contributed by atoms with Crippen LogP contribution in [0.2, 0.25) is 0 Å². The van der Waals surface area contributed by atoms with Crippen molar-refractivity contribution in [3.8, 4) is 5.75 Å². The van der Waals surface area contributed by atoms with Gasteiger partial charge >= 0.3 is 0 Å². The molecule has 112 valence electrons. The molecule has 0 aliphatic rings. The number of ether oxygens (including phenoxy) is 1. The lowest BCUT2D eigenvalue weighted by Gasteiger charge is -2.22. The van der Waals surface area contributed by atoms with Gasteiger partial charge in [0.25, 0.3) is 0 Å². The van der Waals surface area contributed by atoms with Gasteiger partial charge in [-0.25, -0.2) is 0 Å². The summed E-state index contributed by atoms with van der Waals surface area (Å²) in [5.74, 6) is 0.860. The van der Waals surface area contributed by atoms with E-state index in [1.165, 1.54) is 5.56 Å². The second-order valence-electron chi connectivity index (χ2n) is 4.98. The first kappa shape index (κ1) is 15.9. The van der Waals surface area contributed by atoms with Gasteiger partial charge in [-0.3, -0.25) is 0 Å². The summed E-state index contributed by atoms with van der Waals surface area (Å²) in [5, 5.41) is 3.26. The molecule has 4 heteroatoms. The van der Waals surface area contributed by atoms with Crippen LogP contribution in [0.5, 0.6) is 5.75 Å². The highest BCUT2D eigenvalue weighted by Crippen LogP contribution is 2.32. The van der Waals surface area contributed by atoms with Gasteiger partial charge in [-0.1, -0.05) is 28.1 Å². The van der Waals surface area contributed by atoms with Gasteiger partial charge in [0.15, 0.2) is 0 Å². The van der Waals surface area contributed by atoms with Crippen LogP contribution < -0.4 is 15.0 Å². The van der Waals surface area contributed by atoms with Crippen LogP contribution in [0.1, 0.15) is 18.5 Å². The van der Waals surface area contributed by atoms with E-state index < -0.39 is 0 Å². The second-order valence-corrected chi connectivity index (χ2v) is 5.83. The number of nitrogens with zero attached hydrogens (tertiary/aromatic N) is 1. The van der Waals surface area contributed by atoms with Gasteiger partial charge in [0.05, 0.1) is 7.11 Å². The molecule has 0 aliphatic heterocycles. The number of anilines is 2. The first-order valence-electron chi connectivity index (χ1n) is 6.91. The van der Waals surface area contributed by atoms with E-state index >= 15 is 0 Å². The standard InChI is InChI=1S/C17H21BrN2O/c1-12(19-2)16-9-8-14(11-17(16)18)20(3)13-6-5-7-15(10-13)21-4/h5-12,19H,1-4H3. The van der Waals surface area contributed by atoms with Crippen LogP contribution >= 0.6 is 15.9 Å². The third kappa shape index (κ3) is 3.57. The topological polar surface area (TPSA) is 24.5 Å². The highest BCUT2D eigenvalue weighted by molar-refractivity contribution is 9.10. The van der Waals surface area contributed by atoms with Gasteiger partial charge in [0.1, 0.15) is 5.75 Å². The van der Waals surface area contributed by atoms with E-state index in [4.69, 9.17) is 4.74 Å². The monoisotopic (exact) mass is 348 g/mol. The smallest absolute Gasteiger partial charge is 0.120 e. The van der Waals surface area contributed by atoms with Gasteiger partial charge in [-0.15, -0.1) is 0 Å². The Morgan fingerprint density at radius 3 is 2.48 bits per heavy atom. The Labute approximate surface area is 135 Å². The first-order valence-corrected chi connectivity index (χ1v) is 7.70. The quantitative estimate of drug-likeness (QED) is 0.860. The molecule has 0 spiro atoms. The summed E-state index contributed by atoms with van der Waals surface area (Å²) in [6, 6.07) is 14.8. The molecule has 0 aromatic heterocycles. The zero-order chi connectivity index (χ0) is 15.4. The van der Waals surface area contributed by atoms with Crippen molar-refractivity contribution in [1.29, 1.82) is 0 Å². The Bertz CT molecular complexity index is 615. The van der Waals surface area contributed by atoms with Crippen LogP contribution in [0.25, 0.3) is 0 Å². The minimum absolute atomic E-state index is 0.315. The third-order valence-electron chi connectivity index (χ3n) is 3.71. The molecule has 1 atom stereocenters. The maximum absolute atomic E-state index is 5.29. The van der Waals surface area contributed by atoms with Crippen LogP contribution in [0.3, 0.4) is 0 Å². The normalized spacial score (nSPS) is 12.0. The van der Waals surface area contributed by atoms with E-state index in [0.29, 0.717) is 6.04 Å². The zero-order valence-electron chi connectivity index (χ0n) is 12.9. The highest BCUT2D eigenvalue weighted by Gasteiger charge is 2.11. The van der Waals surface area contributed by atoms with Crippen molar-refractivity contribution in [3.05, 3.63) is 52.5 Å². The van der Waals surface area contributed by atoms with Crippen molar-refractivity contribution < 1.29 is 4.74 Å². The lowest BCUT2D eigenvalue weighted by Crippen LogP contribution is -2.14. The van der Waals surface area contributed by atoms with E-state index in [9.17, 15) is 0 Å². The number of halogens is 1. The predicted molar refractivity (Wildman–Crippen MR) is 92.7 cm³/mol. The Kier molecular flexibility index (Phi) is 5.26. The molecular formula is C17H21BrN2O. The predicted octanol–water partition coefficient (Wildman–Crippen LogP) is 4.51. The molecular weight excluding hydrogens is 328 g/mol. The summed E-state index contributed by atoms with van der Waals surface area (Å²) in [7, 11) is 5.70. The molecule has 0 fully saturated rings. The SMILES string of the molecule is CNC(C)c1ccc(N(C)c2cccc(OC)c2)cc1Br. The fraction of sp³-hybridized carbons (Fsp3) is 0.294. The number of hydrogen-bond donors (Lipinski definition) is 1. The molecule has 0 saturated carbocycles. The van der Waals surface area contributed by atoms with Crippen LogP contribution in [0, 0.1) is 0 Å². The molecule has 3 nitrogen and oxygen atoms in total. The maximum Gasteiger partial charge on any atom is 0.120 e. The van der Waals surface area contributed by atoms with E-state index in [0.717, 1.165) is 21.6 Å². The van der Waals surface area contributed by atoms with Crippen LogP contribution in [0.4, 0.5) is 11.4 Å². The molecule has 0 radical (unpaired) electrons. The van der Waals surface area contributed by atoms with E-state index in [1.54, 1.807) is 7.11 Å². The van der Waals surface area contributed by atoms with Crippen molar-refractivity contribution in [1.82, 2.24) is 5.32 Å². The summed E-state index contributed by atoms with van der Waals surface area (Å²) in [5.41, 5.74) is 3.47. The van der Waals surface area contributed by atoms with Crippen molar-refractivity contribution in [2.24, 2.45) is 0 Å². The molecule has 0 aliphatic carbocycles. The van der Waals surface area contributed by atoms with Gasteiger partial charge < -0.3 is 15.0 Å². The molecule has 0 amide bonds. The zero-order valence-corrected chi connectivity index (χ0v) is 14.4. The Hall–Kier alpha value is -1.52. The van der Waals surface area contributed by atoms with Crippen LogP contribution in [-0.2, 0) is 0 Å². The highest BCUT2D eigenvalue weighted by atomic mass is 79.9. The number of benzene rings is 2. The second kappa shape index (κ2) is 6.96. The van der Waals surface area contributed by atoms with E-state index in [1.807, 2.05) is 25.2 Å². The Morgan fingerprint density at radius 1 is 1.14 bits per heavy atom. The molecule has 0 heterocycles. The molecule has 0 bridgehead atoms. The van der Waals surface area contributed by atoms with Crippen molar-refractivity contribution >= 4 is 27.3 Å². The number of hydrogen-bond acceptors (Lipinski definition) is 3. The minimum atomic E-state index is 0.315. The van der Waals surface area contributed by atoms with E-state index in [-0.39, 0.29) is 0 Å². The number of methoxy groups -OCH3 is 1. The van der Waals surface area contributed by atoms with E-state index in [2.05, 4.69) is 64.4 Å². The summed E-state index contributed by atoms with van der Waals surface area (Å²) >= 11 is 3.67. The van der Waals surface area contributed by atoms with Gasteiger partial charge in [0, 0.05) is 35.0 Å². The Morgan fingerprint density at radius 2 is 1.86 bits per heavy atom. The Balaban J connectivity index is 2.31. The van der Waals surface area contributed by atoms with Gasteiger partial charge in [-0.2, -0.15) is 0 Å². The van der Waals surface area contributed by atoms with Crippen molar-refractivity contribution in [2.45, 2.75) is 13.0 Å². The summed E-state index contributed by atoms with van der Waals surface area (Å²) < 4.78 is 6.39. The molecule has 2 rings (SSSR count). The largest absolute Gasteiger partial charge is 0.497 e. The fourth-order valence-electron chi connectivity index (χ4n) is 2.20. The lowest BCUT2D eigenvalue weighted by atomic mass is 10.1. The molecule has 2 aromatic carbocycles. The van der Waals surface area contributed by atoms with Gasteiger partial charge in [0.2, 0.25) is 0 Å². The lowest BCUT2D eigenvalue weighted by molar-refractivity contribution is 0.415. The van der Waals surface area contributed by atoms with Crippen molar-refractivity contribution in [3.63, 3.8) is 0 Å². The molecule has 2 aromatic rings. The maximum atomic E-state index is 5.29. The minimum Gasteiger partial charge on any atom is -0.497 e. The van der Waals surface area contributed by atoms with Crippen LogP contribution in [0.15, 0.2) is 46.9 Å². The summed E-state index contributed by atoms with van der Waals surface area (Å²) in [4.78, 5) is 2.14. The molecule has 1 unspecified atom stereocenters. The first-order chi connectivity index (χ1) is 10.1. The molecule has 0 saturated heterocycles. The van der Waals surface area contributed by atoms with Gasteiger partial charge in [-0.05, 0) is 43.8 Å². The third-order valence-corrected chi connectivity index (χ3v) is 4.40.